The summed E-state index contributed by atoms with van der Waals surface area (Å²) in [5, 5.41) is 3.47. The van der Waals surface area contributed by atoms with E-state index in [-0.39, 0.29) is 21.9 Å². The monoisotopic (exact) mass is 366 g/mol. The van der Waals surface area contributed by atoms with Gasteiger partial charge in [-0.15, -0.1) is 0 Å². The lowest BCUT2D eigenvalue weighted by atomic mass is 9.97. The van der Waals surface area contributed by atoms with Crippen LogP contribution >= 0.6 is 27.5 Å². The van der Waals surface area contributed by atoms with Crippen LogP contribution in [-0.2, 0) is 10.0 Å². The predicted octanol–water partition coefficient (Wildman–Crippen LogP) is 2.38. The third kappa shape index (κ3) is 3.70. The quantitative estimate of drug-likeness (QED) is 0.862. The molecule has 0 spiro atoms. The van der Waals surface area contributed by atoms with Crippen LogP contribution in [0.3, 0.4) is 0 Å². The molecule has 2 N–H and O–H groups in total. The predicted molar refractivity (Wildman–Crippen MR) is 79.9 cm³/mol. The highest BCUT2D eigenvalue weighted by Gasteiger charge is 2.27. The summed E-state index contributed by atoms with van der Waals surface area (Å²) in [7, 11) is -3.57. The van der Waals surface area contributed by atoms with Crippen molar-refractivity contribution >= 4 is 37.6 Å². The van der Waals surface area contributed by atoms with Gasteiger partial charge in [-0.1, -0.05) is 34.5 Å². The van der Waals surface area contributed by atoms with Gasteiger partial charge >= 0.3 is 0 Å². The van der Waals surface area contributed by atoms with Gasteiger partial charge in [0.15, 0.2) is 0 Å². The van der Waals surface area contributed by atoms with Crippen molar-refractivity contribution in [2.45, 2.75) is 24.3 Å². The summed E-state index contributed by atoms with van der Waals surface area (Å²) < 4.78 is 28.2. The van der Waals surface area contributed by atoms with Crippen LogP contribution in [0, 0.1) is 5.92 Å². The largest absolute Gasteiger partial charge is 0.316 e. The molecule has 1 heterocycles. The zero-order valence-corrected chi connectivity index (χ0v) is 13.6. The molecule has 1 aliphatic rings. The van der Waals surface area contributed by atoms with Crippen LogP contribution in [0.2, 0.25) is 5.02 Å². The van der Waals surface area contributed by atoms with E-state index in [4.69, 9.17) is 11.6 Å². The van der Waals surface area contributed by atoms with Crippen molar-refractivity contribution in [2.24, 2.45) is 5.92 Å². The summed E-state index contributed by atoms with van der Waals surface area (Å²) in [4.78, 5) is 0.128. The van der Waals surface area contributed by atoms with Gasteiger partial charge in [-0.3, -0.25) is 0 Å². The molecule has 1 aromatic rings. The van der Waals surface area contributed by atoms with E-state index in [0.29, 0.717) is 0 Å². The van der Waals surface area contributed by atoms with E-state index in [2.05, 4.69) is 26.0 Å². The second-order valence-corrected chi connectivity index (χ2v) is 7.78. The van der Waals surface area contributed by atoms with Crippen molar-refractivity contribution in [3.05, 3.63) is 27.7 Å². The van der Waals surface area contributed by atoms with E-state index < -0.39 is 10.0 Å². The summed E-state index contributed by atoms with van der Waals surface area (Å²) >= 11 is 9.27. The molecule has 2 atom stereocenters. The molecular formula is C12H16BrClN2O2S. The maximum Gasteiger partial charge on any atom is 0.242 e. The van der Waals surface area contributed by atoms with E-state index in [1.54, 1.807) is 12.1 Å². The summed E-state index contributed by atoms with van der Waals surface area (Å²) in [6.45, 7) is 3.68. The molecule has 0 saturated carbocycles. The minimum atomic E-state index is -3.57. The second-order valence-electron chi connectivity index (χ2n) is 4.77. The molecule has 0 bridgehead atoms. The van der Waals surface area contributed by atoms with Gasteiger partial charge < -0.3 is 5.32 Å². The van der Waals surface area contributed by atoms with Gasteiger partial charge in [0.1, 0.15) is 4.90 Å². The first-order valence-electron chi connectivity index (χ1n) is 6.08. The van der Waals surface area contributed by atoms with Crippen molar-refractivity contribution in [1.82, 2.24) is 10.0 Å². The van der Waals surface area contributed by atoms with Crippen molar-refractivity contribution in [3.63, 3.8) is 0 Å². The number of sulfonamides is 1. The Labute approximate surface area is 127 Å². The Balaban J connectivity index is 2.22. The normalized spacial score (nSPS) is 24.4. The van der Waals surface area contributed by atoms with Gasteiger partial charge in [0.2, 0.25) is 10.0 Å². The van der Waals surface area contributed by atoms with Gasteiger partial charge in [0, 0.05) is 10.5 Å². The fourth-order valence-corrected chi connectivity index (χ4v) is 4.56. The van der Waals surface area contributed by atoms with Crippen LogP contribution in [-0.4, -0.2) is 27.5 Å². The van der Waals surface area contributed by atoms with Gasteiger partial charge in [-0.05, 0) is 43.6 Å². The van der Waals surface area contributed by atoms with Crippen molar-refractivity contribution in [3.8, 4) is 0 Å². The number of benzene rings is 1. The maximum atomic E-state index is 12.3. The lowest BCUT2D eigenvalue weighted by molar-refractivity contribution is 0.328. The Morgan fingerprint density at radius 2 is 2.21 bits per heavy atom. The molecule has 1 aromatic carbocycles. The lowest BCUT2D eigenvalue weighted by Gasteiger charge is -2.30. The first kappa shape index (κ1) is 15.3. The van der Waals surface area contributed by atoms with Crippen LogP contribution in [0.15, 0.2) is 27.6 Å². The van der Waals surface area contributed by atoms with Crippen LogP contribution in [0.5, 0.6) is 0 Å². The Hall–Kier alpha value is -0.140. The summed E-state index contributed by atoms with van der Waals surface area (Å²) in [6.07, 6.45) is 0.786. The SMILES string of the molecule is CC1CNCCC1NS(=O)(=O)c1ccc(Br)cc1Cl. The Bertz CT molecular complexity index is 565. The van der Waals surface area contributed by atoms with E-state index in [1.165, 1.54) is 6.07 Å². The second kappa shape index (κ2) is 6.10. The van der Waals surface area contributed by atoms with Gasteiger partial charge in [-0.25, -0.2) is 13.1 Å². The highest BCUT2D eigenvalue weighted by molar-refractivity contribution is 9.10. The molecule has 2 rings (SSSR count). The maximum absolute atomic E-state index is 12.3. The highest BCUT2D eigenvalue weighted by atomic mass is 79.9. The Kier molecular flexibility index (Phi) is 4.89. The molecule has 0 radical (unpaired) electrons. The summed E-state index contributed by atoms with van der Waals surface area (Å²) in [6, 6.07) is 4.72. The van der Waals surface area contributed by atoms with Crippen molar-refractivity contribution in [2.75, 3.05) is 13.1 Å². The van der Waals surface area contributed by atoms with Gasteiger partial charge in [-0.2, -0.15) is 0 Å². The molecule has 0 amide bonds. The third-order valence-corrected chi connectivity index (χ3v) is 5.74. The molecule has 0 aliphatic carbocycles. The molecule has 19 heavy (non-hydrogen) atoms. The zero-order chi connectivity index (χ0) is 14.0. The first-order chi connectivity index (χ1) is 8.90. The molecule has 106 valence electrons. The number of piperidine rings is 1. The average Bonchev–Trinajstić information content (AvgIpc) is 2.31. The van der Waals surface area contributed by atoms with E-state index >= 15 is 0 Å². The number of nitrogens with one attached hydrogen (secondary N) is 2. The Morgan fingerprint density at radius 3 is 2.84 bits per heavy atom. The fraction of sp³-hybridized carbons (Fsp3) is 0.500. The molecule has 0 aromatic heterocycles. The minimum Gasteiger partial charge on any atom is -0.316 e. The summed E-state index contributed by atoms with van der Waals surface area (Å²) in [5.41, 5.74) is 0. The number of hydrogen-bond acceptors (Lipinski definition) is 3. The molecule has 7 heteroatoms. The van der Waals surface area contributed by atoms with Crippen LogP contribution in [0.1, 0.15) is 13.3 Å². The fourth-order valence-electron chi connectivity index (χ4n) is 2.15. The number of halogens is 2. The van der Waals surface area contributed by atoms with Crippen molar-refractivity contribution in [1.29, 1.82) is 0 Å². The van der Waals surface area contributed by atoms with E-state index in [0.717, 1.165) is 24.0 Å². The third-order valence-electron chi connectivity index (χ3n) is 3.28. The Morgan fingerprint density at radius 1 is 1.47 bits per heavy atom. The van der Waals surface area contributed by atoms with Gasteiger partial charge in [0.25, 0.3) is 0 Å². The van der Waals surface area contributed by atoms with Crippen LogP contribution in [0.25, 0.3) is 0 Å². The van der Waals surface area contributed by atoms with E-state index in [1.807, 2.05) is 6.92 Å². The van der Waals surface area contributed by atoms with Crippen LogP contribution < -0.4 is 10.0 Å². The van der Waals surface area contributed by atoms with Gasteiger partial charge in [0.05, 0.1) is 5.02 Å². The minimum absolute atomic E-state index is 0.0500. The molecule has 1 aliphatic heterocycles. The molecule has 2 unspecified atom stereocenters. The van der Waals surface area contributed by atoms with Crippen LogP contribution in [0.4, 0.5) is 0 Å². The highest BCUT2D eigenvalue weighted by Crippen LogP contribution is 2.26. The first-order valence-corrected chi connectivity index (χ1v) is 8.73. The number of rotatable bonds is 3. The summed E-state index contributed by atoms with van der Waals surface area (Å²) in [5.74, 6) is 0.262. The average molecular weight is 368 g/mol. The van der Waals surface area contributed by atoms with Crippen molar-refractivity contribution < 1.29 is 8.42 Å². The topological polar surface area (TPSA) is 58.2 Å². The lowest BCUT2D eigenvalue weighted by Crippen LogP contribution is -2.48. The molecule has 1 saturated heterocycles. The molecular weight excluding hydrogens is 352 g/mol. The zero-order valence-electron chi connectivity index (χ0n) is 10.5. The smallest absolute Gasteiger partial charge is 0.242 e. The standard InChI is InChI=1S/C12H16BrClN2O2S/c1-8-7-15-5-4-11(8)16-19(17,18)12-3-2-9(13)6-10(12)14/h2-3,6,8,11,15-16H,4-5,7H2,1H3. The van der Waals surface area contributed by atoms with E-state index in [9.17, 15) is 8.42 Å². The molecule has 4 nitrogen and oxygen atoms in total. The number of hydrogen-bond donors (Lipinski definition) is 2. The molecule has 1 fully saturated rings.